The van der Waals surface area contributed by atoms with Crippen LogP contribution in [0.2, 0.25) is 0 Å². The van der Waals surface area contributed by atoms with Gasteiger partial charge in [0.2, 0.25) is 0 Å². The van der Waals surface area contributed by atoms with E-state index in [1.165, 1.54) is 6.42 Å². The zero-order chi connectivity index (χ0) is 9.30. The van der Waals surface area contributed by atoms with Crippen LogP contribution in [0.3, 0.4) is 0 Å². The van der Waals surface area contributed by atoms with Crippen LogP contribution in [0.5, 0.6) is 0 Å². The molecule has 4 unspecified atom stereocenters. The van der Waals surface area contributed by atoms with Gasteiger partial charge >= 0.3 is 0 Å². The van der Waals surface area contributed by atoms with Crippen molar-refractivity contribution in [1.29, 1.82) is 0 Å². The first-order valence-electron chi connectivity index (χ1n) is 4.96. The van der Waals surface area contributed by atoms with Crippen molar-refractivity contribution in [3.8, 4) is 0 Å². The summed E-state index contributed by atoms with van der Waals surface area (Å²) in [5.41, 5.74) is 5.63. The second-order valence-corrected chi connectivity index (χ2v) is 4.51. The summed E-state index contributed by atoms with van der Waals surface area (Å²) in [4.78, 5) is 0. The van der Waals surface area contributed by atoms with Gasteiger partial charge in [-0.2, -0.15) is 0 Å². The highest BCUT2D eigenvalue weighted by molar-refractivity contribution is 4.92. The first kappa shape index (κ1) is 10.0. The molecule has 0 aliphatic heterocycles. The molecule has 0 aromatic carbocycles. The van der Waals surface area contributed by atoms with Gasteiger partial charge < -0.3 is 10.8 Å². The van der Waals surface area contributed by atoms with E-state index in [0.717, 1.165) is 0 Å². The van der Waals surface area contributed by atoms with Crippen LogP contribution in [0.15, 0.2) is 0 Å². The highest BCUT2D eigenvalue weighted by atomic mass is 16.3. The van der Waals surface area contributed by atoms with E-state index in [1.807, 2.05) is 0 Å². The van der Waals surface area contributed by atoms with Gasteiger partial charge in [0.05, 0.1) is 6.10 Å². The molecule has 4 atom stereocenters. The molecular formula is C10H21NO. The molecule has 12 heavy (non-hydrogen) atoms. The van der Waals surface area contributed by atoms with Crippen LogP contribution >= 0.6 is 0 Å². The van der Waals surface area contributed by atoms with E-state index in [9.17, 15) is 5.11 Å². The summed E-state index contributed by atoms with van der Waals surface area (Å²) >= 11 is 0. The summed E-state index contributed by atoms with van der Waals surface area (Å²) in [7, 11) is 0. The lowest BCUT2D eigenvalue weighted by atomic mass is 9.87. The zero-order valence-electron chi connectivity index (χ0n) is 8.33. The topological polar surface area (TPSA) is 46.2 Å². The maximum atomic E-state index is 9.91. The fourth-order valence-corrected chi connectivity index (χ4v) is 1.95. The lowest BCUT2D eigenvalue weighted by molar-refractivity contribution is 0.0628. The summed E-state index contributed by atoms with van der Waals surface area (Å²) in [6, 6.07) is 0. The SMILES string of the molecule is CC(C)C(CN)C(O)C1CC1C. The molecule has 0 bridgehead atoms. The normalized spacial score (nSPS) is 33.5. The van der Waals surface area contributed by atoms with E-state index in [4.69, 9.17) is 5.73 Å². The summed E-state index contributed by atoms with van der Waals surface area (Å²) in [5, 5.41) is 9.91. The van der Waals surface area contributed by atoms with Crippen molar-refractivity contribution in [1.82, 2.24) is 0 Å². The minimum absolute atomic E-state index is 0.162. The third-order valence-corrected chi connectivity index (χ3v) is 3.18. The van der Waals surface area contributed by atoms with Gasteiger partial charge in [0, 0.05) is 0 Å². The average Bonchev–Trinajstić information content (AvgIpc) is 2.67. The molecule has 1 fully saturated rings. The number of rotatable bonds is 4. The molecule has 0 saturated heterocycles. The minimum atomic E-state index is -0.162. The molecule has 2 nitrogen and oxygen atoms in total. The molecule has 3 N–H and O–H groups in total. The highest BCUT2D eigenvalue weighted by Gasteiger charge is 2.42. The minimum Gasteiger partial charge on any atom is -0.392 e. The van der Waals surface area contributed by atoms with Gasteiger partial charge in [0.25, 0.3) is 0 Å². The van der Waals surface area contributed by atoms with Gasteiger partial charge in [-0.15, -0.1) is 0 Å². The Hall–Kier alpha value is -0.0800. The van der Waals surface area contributed by atoms with Crippen LogP contribution in [0.25, 0.3) is 0 Å². The predicted octanol–water partition coefficient (Wildman–Crippen LogP) is 1.23. The fraction of sp³-hybridized carbons (Fsp3) is 1.00. The molecule has 0 amide bonds. The van der Waals surface area contributed by atoms with E-state index in [0.29, 0.717) is 30.2 Å². The number of nitrogens with two attached hydrogens (primary N) is 1. The van der Waals surface area contributed by atoms with Gasteiger partial charge in [0.15, 0.2) is 0 Å². The van der Waals surface area contributed by atoms with Gasteiger partial charge in [0.1, 0.15) is 0 Å². The van der Waals surface area contributed by atoms with Crippen molar-refractivity contribution in [2.75, 3.05) is 6.54 Å². The van der Waals surface area contributed by atoms with Crippen LogP contribution in [-0.4, -0.2) is 17.8 Å². The molecule has 0 spiro atoms. The van der Waals surface area contributed by atoms with Crippen LogP contribution in [0.1, 0.15) is 27.2 Å². The molecule has 0 aromatic rings. The van der Waals surface area contributed by atoms with Crippen molar-refractivity contribution >= 4 is 0 Å². The van der Waals surface area contributed by atoms with E-state index >= 15 is 0 Å². The standard InChI is InChI=1S/C10H21NO/c1-6(2)9(5-11)10(12)8-4-7(8)3/h6-10,12H,4-5,11H2,1-3H3. The zero-order valence-corrected chi connectivity index (χ0v) is 8.33. The highest BCUT2D eigenvalue weighted by Crippen LogP contribution is 2.43. The van der Waals surface area contributed by atoms with Gasteiger partial charge in [-0.05, 0) is 36.6 Å². The Bertz CT molecular complexity index is 147. The van der Waals surface area contributed by atoms with Crippen LogP contribution < -0.4 is 5.73 Å². The molecule has 1 aliphatic carbocycles. The van der Waals surface area contributed by atoms with Crippen molar-refractivity contribution < 1.29 is 5.11 Å². The molecule has 0 aromatic heterocycles. The Morgan fingerprint density at radius 2 is 2.00 bits per heavy atom. The first-order chi connectivity index (χ1) is 5.57. The predicted molar refractivity (Wildman–Crippen MR) is 50.7 cm³/mol. The van der Waals surface area contributed by atoms with E-state index in [1.54, 1.807) is 0 Å². The maximum Gasteiger partial charge on any atom is 0.0613 e. The fourth-order valence-electron chi connectivity index (χ4n) is 1.95. The number of aliphatic hydroxyl groups is 1. The molecule has 1 saturated carbocycles. The van der Waals surface area contributed by atoms with Crippen LogP contribution in [0.4, 0.5) is 0 Å². The lowest BCUT2D eigenvalue weighted by Crippen LogP contribution is -2.33. The van der Waals surface area contributed by atoms with Crippen molar-refractivity contribution in [3.63, 3.8) is 0 Å². The van der Waals surface area contributed by atoms with Crippen molar-refractivity contribution in [2.45, 2.75) is 33.3 Å². The monoisotopic (exact) mass is 171 g/mol. The Balaban J connectivity index is 2.42. The quantitative estimate of drug-likeness (QED) is 0.668. The third-order valence-electron chi connectivity index (χ3n) is 3.18. The Kier molecular flexibility index (Phi) is 3.13. The Morgan fingerprint density at radius 1 is 1.50 bits per heavy atom. The summed E-state index contributed by atoms with van der Waals surface area (Å²) < 4.78 is 0. The van der Waals surface area contributed by atoms with Crippen molar-refractivity contribution in [2.24, 2.45) is 29.4 Å². The van der Waals surface area contributed by atoms with Crippen LogP contribution in [0, 0.1) is 23.7 Å². The van der Waals surface area contributed by atoms with Gasteiger partial charge in [-0.25, -0.2) is 0 Å². The average molecular weight is 171 g/mol. The second kappa shape index (κ2) is 3.75. The lowest BCUT2D eigenvalue weighted by Gasteiger charge is -2.25. The Morgan fingerprint density at radius 3 is 2.25 bits per heavy atom. The number of hydrogen-bond donors (Lipinski definition) is 2. The molecule has 0 radical (unpaired) electrons. The largest absolute Gasteiger partial charge is 0.392 e. The van der Waals surface area contributed by atoms with Gasteiger partial charge in [-0.3, -0.25) is 0 Å². The second-order valence-electron chi connectivity index (χ2n) is 4.51. The van der Waals surface area contributed by atoms with Crippen LogP contribution in [-0.2, 0) is 0 Å². The smallest absolute Gasteiger partial charge is 0.0613 e. The molecule has 1 aliphatic rings. The molecule has 2 heteroatoms. The van der Waals surface area contributed by atoms with Crippen molar-refractivity contribution in [3.05, 3.63) is 0 Å². The maximum absolute atomic E-state index is 9.91. The number of aliphatic hydroxyl groups excluding tert-OH is 1. The Labute approximate surface area is 75.2 Å². The first-order valence-corrected chi connectivity index (χ1v) is 4.96. The molecular weight excluding hydrogens is 150 g/mol. The molecule has 72 valence electrons. The summed E-state index contributed by atoms with van der Waals surface area (Å²) in [6.07, 6.45) is 1.02. The molecule has 0 heterocycles. The van der Waals surface area contributed by atoms with E-state index in [2.05, 4.69) is 20.8 Å². The van der Waals surface area contributed by atoms with Gasteiger partial charge in [-0.1, -0.05) is 20.8 Å². The van der Waals surface area contributed by atoms with E-state index < -0.39 is 0 Å². The summed E-state index contributed by atoms with van der Waals surface area (Å²) in [6.45, 7) is 7.07. The summed E-state index contributed by atoms with van der Waals surface area (Å²) in [5.74, 6) is 2.03. The third kappa shape index (κ3) is 1.99. The van der Waals surface area contributed by atoms with E-state index in [-0.39, 0.29) is 6.10 Å². The molecule has 1 rings (SSSR count). The number of hydrogen-bond acceptors (Lipinski definition) is 2.